The standard InChI is InChI=1S/C22H42N2/c1-2-3-4-5-6-7-8-9-10-11-12-13-14-15-16-17-18-19-22-23-20-21-24-22/h20-21H,2-19H2,1H3,(H,23,24). The number of rotatable bonds is 18. The molecule has 0 atom stereocenters. The molecule has 0 aliphatic heterocycles. The van der Waals surface area contributed by atoms with Gasteiger partial charge in [0.05, 0.1) is 0 Å². The van der Waals surface area contributed by atoms with Gasteiger partial charge in [-0.1, -0.05) is 110 Å². The minimum Gasteiger partial charge on any atom is -0.349 e. The average molecular weight is 335 g/mol. The zero-order valence-corrected chi connectivity index (χ0v) is 16.3. The molecule has 140 valence electrons. The van der Waals surface area contributed by atoms with E-state index in [9.17, 15) is 0 Å². The van der Waals surface area contributed by atoms with E-state index in [-0.39, 0.29) is 0 Å². The van der Waals surface area contributed by atoms with Crippen molar-refractivity contribution in [2.45, 2.75) is 122 Å². The smallest absolute Gasteiger partial charge is 0.105 e. The number of nitrogens with one attached hydrogen (secondary N) is 1. The second-order valence-corrected chi connectivity index (χ2v) is 7.44. The predicted molar refractivity (Wildman–Crippen MR) is 106 cm³/mol. The van der Waals surface area contributed by atoms with E-state index >= 15 is 0 Å². The molecule has 2 heteroatoms. The topological polar surface area (TPSA) is 28.7 Å². The Hall–Kier alpha value is -0.790. The summed E-state index contributed by atoms with van der Waals surface area (Å²) in [6.45, 7) is 2.29. The van der Waals surface area contributed by atoms with Gasteiger partial charge >= 0.3 is 0 Å². The summed E-state index contributed by atoms with van der Waals surface area (Å²) in [6, 6.07) is 0. The van der Waals surface area contributed by atoms with Crippen molar-refractivity contribution in [3.8, 4) is 0 Å². The van der Waals surface area contributed by atoms with Crippen molar-refractivity contribution in [2.24, 2.45) is 0 Å². The fourth-order valence-electron chi connectivity index (χ4n) is 3.45. The van der Waals surface area contributed by atoms with Crippen molar-refractivity contribution < 1.29 is 0 Å². The first-order chi connectivity index (χ1) is 11.9. The van der Waals surface area contributed by atoms with E-state index in [1.54, 1.807) is 0 Å². The van der Waals surface area contributed by atoms with E-state index in [1.807, 2.05) is 12.4 Å². The highest BCUT2D eigenvalue weighted by Gasteiger charge is 1.96. The molecule has 1 aromatic rings. The Kier molecular flexibility index (Phi) is 15.1. The number of nitrogens with zero attached hydrogens (tertiary/aromatic N) is 1. The van der Waals surface area contributed by atoms with E-state index < -0.39 is 0 Å². The lowest BCUT2D eigenvalue weighted by atomic mass is 10.0. The maximum Gasteiger partial charge on any atom is 0.105 e. The maximum absolute atomic E-state index is 4.27. The highest BCUT2D eigenvalue weighted by atomic mass is 14.9. The molecular weight excluding hydrogens is 292 g/mol. The third-order valence-corrected chi connectivity index (χ3v) is 5.07. The zero-order valence-electron chi connectivity index (χ0n) is 16.3. The Morgan fingerprint density at radius 3 is 1.42 bits per heavy atom. The minimum atomic E-state index is 1.12. The first-order valence-corrected chi connectivity index (χ1v) is 10.9. The van der Waals surface area contributed by atoms with Crippen molar-refractivity contribution in [3.05, 3.63) is 18.2 Å². The van der Waals surface area contributed by atoms with Crippen LogP contribution in [-0.2, 0) is 6.42 Å². The number of hydrogen-bond acceptors (Lipinski definition) is 1. The van der Waals surface area contributed by atoms with Crippen LogP contribution in [0.3, 0.4) is 0 Å². The summed E-state index contributed by atoms with van der Waals surface area (Å²) in [5, 5.41) is 0. The SMILES string of the molecule is CCCCCCCCCCCCCCCCCCCc1ncc[nH]1. The molecular formula is C22H42N2. The molecule has 0 aliphatic rings. The Balaban J connectivity index is 1.66. The Morgan fingerprint density at radius 2 is 1.04 bits per heavy atom. The van der Waals surface area contributed by atoms with Crippen LogP contribution in [0.25, 0.3) is 0 Å². The van der Waals surface area contributed by atoms with Gasteiger partial charge in [-0.25, -0.2) is 4.98 Å². The van der Waals surface area contributed by atoms with Crippen molar-refractivity contribution in [2.75, 3.05) is 0 Å². The number of H-pyrrole nitrogens is 1. The van der Waals surface area contributed by atoms with Crippen LogP contribution in [0.5, 0.6) is 0 Å². The molecule has 0 aliphatic carbocycles. The summed E-state index contributed by atoms with van der Waals surface area (Å²) in [5.41, 5.74) is 0. The second kappa shape index (κ2) is 17.0. The van der Waals surface area contributed by atoms with Crippen molar-refractivity contribution in [1.82, 2.24) is 9.97 Å². The monoisotopic (exact) mass is 334 g/mol. The molecule has 1 heterocycles. The van der Waals surface area contributed by atoms with Crippen molar-refractivity contribution in [3.63, 3.8) is 0 Å². The highest BCUT2D eigenvalue weighted by Crippen LogP contribution is 2.14. The Labute approximate surface area is 151 Å². The number of aryl methyl sites for hydroxylation is 1. The zero-order chi connectivity index (χ0) is 17.1. The molecule has 0 saturated carbocycles. The van der Waals surface area contributed by atoms with Gasteiger partial charge in [-0.3, -0.25) is 0 Å². The summed E-state index contributed by atoms with van der Waals surface area (Å²) in [5.74, 6) is 1.15. The minimum absolute atomic E-state index is 1.12. The first kappa shape index (κ1) is 21.3. The predicted octanol–water partition coefficient (Wildman–Crippen LogP) is 7.60. The van der Waals surface area contributed by atoms with Crippen LogP contribution in [-0.4, -0.2) is 9.97 Å². The van der Waals surface area contributed by atoms with Crippen LogP contribution in [0.15, 0.2) is 12.4 Å². The molecule has 24 heavy (non-hydrogen) atoms. The van der Waals surface area contributed by atoms with Gasteiger partial charge in [0.2, 0.25) is 0 Å². The number of imidazole rings is 1. The van der Waals surface area contributed by atoms with Crippen LogP contribution >= 0.6 is 0 Å². The lowest BCUT2D eigenvalue weighted by Gasteiger charge is -2.03. The van der Waals surface area contributed by atoms with Gasteiger partial charge in [-0.05, 0) is 6.42 Å². The summed E-state index contributed by atoms with van der Waals surface area (Å²) >= 11 is 0. The molecule has 0 spiro atoms. The first-order valence-electron chi connectivity index (χ1n) is 10.9. The largest absolute Gasteiger partial charge is 0.349 e. The number of aromatic nitrogens is 2. The summed E-state index contributed by atoms with van der Waals surface area (Å²) < 4.78 is 0. The number of unbranched alkanes of at least 4 members (excludes halogenated alkanes) is 16. The van der Waals surface area contributed by atoms with E-state index in [1.165, 1.54) is 109 Å². The van der Waals surface area contributed by atoms with Crippen LogP contribution in [0.4, 0.5) is 0 Å². The van der Waals surface area contributed by atoms with Gasteiger partial charge in [0.25, 0.3) is 0 Å². The second-order valence-electron chi connectivity index (χ2n) is 7.44. The van der Waals surface area contributed by atoms with Gasteiger partial charge in [0, 0.05) is 18.8 Å². The molecule has 0 saturated heterocycles. The Bertz CT molecular complexity index is 332. The maximum atomic E-state index is 4.27. The normalized spacial score (nSPS) is 11.2. The quantitative estimate of drug-likeness (QED) is 0.275. The number of hydrogen-bond donors (Lipinski definition) is 1. The van der Waals surface area contributed by atoms with E-state index in [0.29, 0.717) is 0 Å². The summed E-state index contributed by atoms with van der Waals surface area (Å²) in [6.07, 6.45) is 29.3. The van der Waals surface area contributed by atoms with Gasteiger partial charge < -0.3 is 4.98 Å². The van der Waals surface area contributed by atoms with Crippen molar-refractivity contribution >= 4 is 0 Å². The number of aromatic amines is 1. The fraction of sp³-hybridized carbons (Fsp3) is 0.864. The molecule has 1 rings (SSSR count). The van der Waals surface area contributed by atoms with Crippen LogP contribution in [0.1, 0.15) is 122 Å². The fourth-order valence-corrected chi connectivity index (χ4v) is 3.45. The Morgan fingerprint density at radius 1 is 0.625 bits per heavy atom. The van der Waals surface area contributed by atoms with Gasteiger partial charge in [-0.15, -0.1) is 0 Å². The molecule has 2 nitrogen and oxygen atoms in total. The molecule has 0 fully saturated rings. The summed E-state index contributed by atoms with van der Waals surface area (Å²) in [4.78, 5) is 7.45. The highest BCUT2D eigenvalue weighted by molar-refractivity contribution is 4.86. The lowest BCUT2D eigenvalue weighted by molar-refractivity contribution is 0.526. The molecule has 1 N–H and O–H groups in total. The molecule has 0 amide bonds. The van der Waals surface area contributed by atoms with Crippen LogP contribution in [0.2, 0.25) is 0 Å². The molecule has 1 aromatic heterocycles. The molecule has 0 aromatic carbocycles. The van der Waals surface area contributed by atoms with E-state index in [0.717, 1.165) is 12.2 Å². The molecule has 0 bridgehead atoms. The summed E-state index contributed by atoms with van der Waals surface area (Å²) in [7, 11) is 0. The average Bonchev–Trinajstić information content (AvgIpc) is 3.11. The van der Waals surface area contributed by atoms with Crippen LogP contribution in [0, 0.1) is 0 Å². The third-order valence-electron chi connectivity index (χ3n) is 5.07. The molecule has 0 unspecified atom stereocenters. The van der Waals surface area contributed by atoms with Gasteiger partial charge in [0.1, 0.15) is 5.82 Å². The van der Waals surface area contributed by atoms with Gasteiger partial charge in [-0.2, -0.15) is 0 Å². The van der Waals surface area contributed by atoms with E-state index in [4.69, 9.17) is 0 Å². The van der Waals surface area contributed by atoms with E-state index in [2.05, 4.69) is 16.9 Å². The molecule has 0 radical (unpaired) electrons. The lowest BCUT2D eigenvalue weighted by Crippen LogP contribution is -1.88. The van der Waals surface area contributed by atoms with Crippen LogP contribution < -0.4 is 0 Å². The third kappa shape index (κ3) is 13.6. The van der Waals surface area contributed by atoms with Crippen molar-refractivity contribution in [1.29, 1.82) is 0 Å². The van der Waals surface area contributed by atoms with Gasteiger partial charge in [0.15, 0.2) is 0 Å².